The Morgan fingerprint density at radius 1 is 1.24 bits per heavy atom. The molecule has 0 fully saturated rings. The molecule has 4 nitrogen and oxygen atoms in total. The summed E-state index contributed by atoms with van der Waals surface area (Å²) in [5.74, 6) is 0.414. The summed E-state index contributed by atoms with van der Waals surface area (Å²) in [5.41, 5.74) is 11.1. The molecule has 25 heavy (non-hydrogen) atoms. The zero-order chi connectivity index (χ0) is 17.6. The number of aryl methyl sites for hydroxylation is 2. The molecule has 130 valence electrons. The number of carbonyl (C=O) groups excluding carboxylic acids is 1. The van der Waals surface area contributed by atoms with Crippen molar-refractivity contribution in [3.8, 4) is 5.75 Å². The van der Waals surface area contributed by atoms with Crippen LogP contribution in [0.1, 0.15) is 39.9 Å². The second-order valence-electron chi connectivity index (χ2n) is 7.49. The van der Waals surface area contributed by atoms with E-state index in [0.29, 0.717) is 12.2 Å². The van der Waals surface area contributed by atoms with Gasteiger partial charge in [0.2, 0.25) is 5.91 Å². The number of hydrogen-bond acceptors (Lipinski definition) is 3. The molecule has 4 rings (SSSR count). The molecule has 0 aromatic heterocycles. The van der Waals surface area contributed by atoms with Crippen LogP contribution in [0.2, 0.25) is 0 Å². The van der Waals surface area contributed by atoms with E-state index in [1.54, 1.807) is 6.07 Å². The summed E-state index contributed by atoms with van der Waals surface area (Å²) in [5, 5.41) is 0. The Kier molecular flexibility index (Phi) is 3.71. The normalized spacial score (nSPS) is 21.9. The highest BCUT2D eigenvalue weighted by Crippen LogP contribution is 2.43. The van der Waals surface area contributed by atoms with E-state index in [0.717, 1.165) is 30.8 Å². The van der Waals surface area contributed by atoms with E-state index in [-0.39, 0.29) is 5.41 Å². The molecular formula is C21H24N2O2. The van der Waals surface area contributed by atoms with Gasteiger partial charge in [0.25, 0.3) is 0 Å². The van der Waals surface area contributed by atoms with Crippen molar-refractivity contribution in [1.29, 1.82) is 0 Å². The molecule has 1 aliphatic heterocycles. The molecule has 1 spiro atoms. The SMILES string of the molecule is Cc1ccc2c(c1)CCC[C@]21COc2ccc(C(N)=O)cc2N(C)C1. The molecule has 2 aliphatic rings. The Labute approximate surface area is 148 Å². The van der Waals surface area contributed by atoms with Crippen LogP contribution in [-0.2, 0) is 11.8 Å². The predicted octanol–water partition coefficient (Wildman–Crippen LogP) is 3.20. The van der Waals surface area contributed by atoms with E-state index in [1.165, 1.54) is 23.1 Å². The molecule has 2 N–H and O–H groups in total. The smallest absolute Gasteiger partial charge is 0.248 e. The summed E-state index contributed by atoms with van der Waals surface area (Å²) in [4.78, 5) is 13.7. The third-order valence-electron chi connectivity index (χ3n) is 5.63. The maximum atomic E-state index is 11.5. The van der Waals surface area contributed by atoms with Crippen molar-refractivity contribution in [3.05, 3.63) is 58.7 Å². The van der Waals surface area contributed by atoms with E-state index in [4.69, 9.17) is 10.5 Å². The highest BCUT2D eigenvalue weighted by atomic mass is 16.5. The van der Waals surface area contributed by atoms with Crippen LogP contribution in [0.25, 0.3) is 0 Å². The van der Waals surface area contributed by atoms with Crippen molar-refractivity contribution in [2.45, 2.75) is 31.6 Å². The number of rotatable bonds is 1. The topological polar surface area (TPSA) is 55.6 Å². The van der Waals surface area contributed by atoms with Crippen LogP contribution in [-0.4, -0.2) is 26.1 Å². The van der Waals surface area contributed by atoms with E-state index in [1.807, 2.05) is 12.1 Å². The predicted molar refractivity (Wildman–Crippen MR) is 99.5 cm³/mol. The number of likely N-dealkylation sites (N-methyl/N-ethyl adjacent to an activating group) is 1. The quantitative estimate of drug-likeness (QED) is 0.870. The van der Waals surface area contributed by atoms with Crippen LogP contribution in [0.15, 0.2) is 36.4 Å². The van der Waals surface area contributed by atoms with Crippen molar-refractivity contribution in [2.24, 2.45) is 5.73 Å². The van der Waals surface area contributed by atoms with Crippen LogP contribution in [0.5, 0.6) is 5.75 Å². The maximum absolute atomic E-state index is 11.5. The number of ether oxygens (including phenoxy) is 1. The van der Waals surface area contributed by atoms with Gasteiger partial charge in [-0.1, -0.05) is 23.8 Å². The number of carbonyl (C=O) groups is 1. The first kappa shape index (κ1) is 16.0. The number of hydrogen-bond donors (Lipinski definition) is 1. The van der Waals surface area contributed by atoms with Crippen molar-refractivity contribution in [2.75, 3.05) is 25.1 Å². The lowest BCUT2D eigenvalue weighted by atomic mass is 9.70. The number of benzene rings is 2. The molecule has 0 saturated heterocycles. The molecule has 0 saturated carbocycles. The first-order chi connectivity index (χ1) is 12.0. The molecule has 0 radical (unpaired) electrons. The van der Waals surface area contributed by atoms with Gasteiger partial charge >= 0.3 is 0 Å². The Morgan fingerprint density at radius 3 is 2.88 bits per heavy atom. The number of nitrogens with two attached hydrogens (primary N) is 1. The minimum Gasteiger partial charge on any atom is -0.490 e. The molecule has 1 aliphatic carbocycles. The molecule has 1 atom stereocenters. The molecule has 1 heterocycles. The molecule has 2 aromatic rings. The molecular weight excluding hydrogens is 312 g/mol. The van der Waals surface area contributed by atoms with Crippen molar-refractivity contribution >= 4 is 11.6 Å². The summed E-state index contributed by atoms with van der Waals surface area (Å²) in [6, 6.07) is 12.3. The van der Waals surface area contributed by atoms with Gasteiger partial charge in [-0.2, -0.15) is 0 Å². The lowest BCUT2D eigenvalue weighted by molar-refractivity contribution is 0.100. The van der Waals surface area contributed by atoms with Crippen LogP contribution in [0.3, 0.4) is 0 Å². The van der Waals surface area contributed by atoms with Gasteiger partial charge in [-0.15, -0.1) is 0 Å². The number of fused-ring (bicyclic) bond motifs is 3. The van der Waals surface area contributed by atoms with Crippen molar-refractivity contribution in [3.63, 3.8) is 0 Å². The summed E-state index contributed by atoms with van der Waals surface area (Å²) < 4.78 is 6.24. The van der Waals surface area contributed by atoms with Gasteiger partial charge in [0.05, 0.1) is 12.3 Å². The lowest BCUT2D eigenvalue weighted by Crippen LogP contribution is -2.44. The number of nitrogens with zero attached hydrogens (tertiary/aromatic N) is 1. The summed E-state index contributed by atoms with van der Waals surface area (Å²) in [6.07, 6.45) is 3.43. The van der Waals surface area contributed by atoms with Crippen LogP contribution in [0, 0.1) is 6.92 Å². The highest BCUT2D eigenvalue weighted by Gasteiger charge is 2.40. The van der Waals surface area contributed by atoms with Gasteiger partial charge in [-0.05, 0) is 55.5 Å². The van der Waals surface area contributed by atoms with Gasteiger partial charge < -0.3 is 15.4 Å². The van der Waals surface area contributed by atoms with E-state index in [2.05, 4.69) is 37.1 Å². The third-order valence-corrected chi connectivity index (χ3v) is 5.63. The second kappa shape index (κ2) is 5.80. The fraction of sp³-hybridized carbons (Fsp3) is 0.381. The number of primary amides is 1. The average Bonchev–Trinajstić information content (AvgIpc) is 2.72. The molecule has 1 amide bonds. The maximum Gasteiger partial charge on any atom is 0.248 e. The zero-order valence-electron chi connectivity index (χ0n) is 14.8. The first-order valence-corrected chi connectivity index (χ1v) is 8.86. The largest absolute Gasteiger partial charge is 0.490 e. The lowest BCUT2D eigenvalue weighted by Gasteiger charge is -2.40. The van der Waals surface area contributed by atoms with Gasteiger partial charge in [0, 0.05) is 24.6 Å². The van der Waals surface area contributed by atoms with Gasteiger partial charge in [0.15, 0.2) is 0 Å². The standard InChI is InChI=1S/C21H24N2O2/c1-14-5-7-17-15(10-14)4-3-9-21(17)12-23(2)18-11-16(20(22)24)6-8-19(18)25-13-21/h5-8,10-11H,3-4,9,12-13H2,1-2H3,(H2,22,24)/t21-/m0/s1. The summed E-state index contributed by atoms with van der Waals surface area (Å²) >= 11 is 0. The highest BCUT2D eigenvalue weighted by molar-refractivity contribution is 5.94. The average molecular weight is 336 g/mol. The Balaban J connectivity index is 1.76. The summed E-state index contributed by atoms with van der Waals surface area (Å²) in [7, 11) is 2.07. The molecule has 0 bridgehead atoms. The van der Waals surface area contributed by atoms with Crippen LogP contribution in [0.4, 0.5) is 5.69 Å². The monoisotopic (exact) mass is 336 g/mol. The van der Waals surface area contributed by atoms with Gasteiger partial charge in [-0.3, -0.25) is 4.79 Å². The van der Waals surface area contributed by atoms with Gasteiger partial charge in [-0.25, -0.2) is 0 Å². The Morgan fingerprint density at radius 2 is 2.08 bits per heavy atom. The Hall–Kier alpha value is -2.49. The van der Waals surface area contributed by atoms with Gasteiger partial charge in [0.1, 0.15) is 5.75 Å². The first-order valence-electron chi connectivity index (χ1n) is 8.86. The minimum atomic E-state index is -0.409. The zero-order valence-corrected chi connectivity index (χ0v) is 14.8. The van der Waals surface area contributed by atoms with Crippen LogP contribution < -0.4 is 15.4 Å². The number of amides is 1. The van der Waals surface area contributed by atoms with E-state index < -0.39 is 5.91 Å². The van der Waals surface area contributed by atoms with E-state index >= 15 is 0 Å². The third kappa shape index (κ3) is 2.66. The fourth-order valence-corrected chi connectivity index (χ4v) is 4.40. The molecule has 0 unspecified atom stereocenters. The van der Waals surface area contributed by atoms with E-state index in [9.17, 15) is 4.79 Å². The molecule has 4 heteroatoms. The Bertz CT molecular complexity index is 846. The second-order valence-corrected chi connectivity index (χ2v) is 7.49. The minimum absolute atomic E-state index is 0.0120. The summed E-state index contributed by atoms with van der Waals surface area (Å²) in [6.45, 7) is 3.69. The van der Waals surface area contributed by atoms with Crippen LogP contribution >= 0.6 is 0 Å². The fourth-order valence-electron chi connectivity index (χ4n) is 4.40. The molecule has 2 aromatic carbocycles. The number of anilines is 1. The van der Waals surface area contributed by atoms with Crippen molar-refractivity contribution < 1.29 is 9.53 Å². The van der Waals surface area contributed by atoms with Crippen molar-refractivity contribution in [1.82, 2.24) is 0 Å².